The highest BCUT2D eigenvalue weighted by atomic mass is 19.4. The molecular formula is C33H34F8O2. The van der Waals surface area contributed by atoms with Crippen molar-refractivity contribution in [2.24, 2.45) is 11.8 Å². The van der Waals surface area contributed by atoms with Gasteiger partial charge >= 0.3 is 12.5 Å². The molecule has 3 aromatic rings. The summed E-state index contributed by atoms with van der Waals surface area (Å²) < 4.78 is 119. The molecule has 0 amide bonds. The van der Waals surface area contributed by atoms with Gasteiger partial charge in [0.2, 0.25) is 0 Å². The van der Waals surface area contributed by atoms with E-state index in [0.717, 1.165) is 43.9 Å². The van der Waals surface area contributed by atoms with Gasteiger partial charge in [-0.15, -0.1) is 13.2 Å². The number of alkyl halides is 5. The van der Waals surface area contributed by atoms with E-state index in [2.05, 4.69) is 11.7 Å². The third-order valence-corrected chi connectivity index (χ3v) is 7.97. The second-order valence-corrected chi connectivity index (χ2v) is 11.2. The number of rotatable bonds is 12. The number of unbranched alkanes of at least 4 members (excludes halogenated alkanes) is 2. The summed E-state index contributed by atoms with van der Waals surface area (Å²) in [5.74, 6) is -3.91. The fraction of sp³-hybridized carbons (Fsp3) is 0.455. The van der Waals surface area contributed by atoms with Crippen molar-refractivity contribution in [2.45, 2.75) is 83.6 Å². The molecular weight excluding hydrogens is 580 g/mol. The molecule has 234 valence electrons. The monoisotopic (exact) mass is 614 g/mol. The fourth-order valence-electron chi connectivity index (χ4n) is 5.68. The molecule has 3 aromatic carbocycles. The predicted octanol–water partition coefficient (Wildman–Crippen LogP) is 11.5. The minimum Gasteiger partial charge on any atom is -0.433 e. The Kier molecular flexibility index (Phi) is 10.6. The molecule has 0 heterocycles. The van der Waals surface area contributed by atoms with Crippen molar-refractivity contribution in [3.8, 4) is 33.8 Å². The third-order valence-electron chi connectivity index (χ3n) is 7.97. The summed E-state index contributed by atoms with van der Waals surface area (Å²) in [7, 11) is 0. The first-order chi connectivity index (χ1) is 20.3. The Labute approximate surface area is 246 Å². The maximum atomic E-state index is 14.9. The first kappa shape index (κ1) is 32.6. The highest BCUT2D eigenvalue weighted by Crippen LogP contribution is 2.38. The standard InChI is InChI=1S/C33H34F8O2/c1-2-3-4-5-21-6-8-22(9-7-21)16-17-32(37,38)42-26-13-10-23(11-14-26)25-19-28(35)31(29(36)20-25)24-12-15-30(27(34)18-24)43-33(39,40)41/h10-15,18-22H,2-9,16-17H2,1H3. The highest BCUT2D eigenvalue weighted by Gasteiger charge is 2.34. The van der Waals surface area contributed by atoms with Crippen LogP contribution in [0, 0.1) is 29.3 Å². The van der Waals surface area contributed by atoms with E-state index in [-0.39, 0.29) is 22.8 Å². The first-order valence-corrected chi connectivity index (χ1v) is 14.6. The lowest BCUT2D eigenvalue weighted by molar-refractivity contribution is -0.275. The van der Waals surface area contributed by atoms with E-state index in [9.17, 15) is 35.1 Å². The van der Waals surface area contributed by atoms with Crippen LogP contribution in [0.15, 0.2) is 54.6 Å². The number of hydrogen-bond donors (Lipinski definition) is 0. The topological polar surface area (TPSA) is 18.5 Å². The van der Waals surface area contributed by atoms with Crippen molar-refractivity contribution in [1.29, 1.82) is 0 Å². The van der Waals surface area contributed by atoms with E-state index in [1.54, 1.807) is 0 Å². The number of ether oxygens (including phenoxy) is 2. The number of benzene rings is 3. The zero-order valence-electron chi connectivity index (χ0n) is 23.8. The second kappa shape index (κ2) is 14.0. The Morgan fingerprint density at radius 1 is 0.651 bits per heavy atom. The van der Waals surface area contributed by atoms with Crippen molar-refractivity contribution < 1.29 is 44.6 Å². The maximum Gasteiger partial charge on any atom is 0.573 e. The molecule has 1 fully saturated rings. The molecule has 0 bridgehead atoms. The van der Waals surface area contributed by atoms with E-state index >= 15 is 0 Å². The number of halogens is 8. The fourth-order valence-corrected chi connectivity index (χ4v) is 5.68. The lowest BCUT2D eigenvalue weighted by atomic mass is 9.78. The van der Waals surface area contributed by atoms with Gasteiger partial charge in [0.1, 0.15) is 17.4 Å². The Morgan fingerprint density at radius 2 is 1.21 bits per heavy atom. The summed E-state index contributed by atoms with van der Waals surface area (Å²) in [5, 5.41) is 0. The molecule has 0 radical (unpaired) electrons. The van der Waals surface area contributed by atoms with Gasteiger partial charge < -0.3 is 9.47 Å². The third kappa shape index (κ3) is 9.34. The molecule has 0 spiro atoms. The van der Waals surface area contributed by atoms with Gasteiger partial charge in [-0.1, -0.05) is 76.5 Å². The molecule has 0 aliphatic heterocycles. The summed E-state index contributed by atoms with van der Waals surface area (Å²) in [6.45, 7) is 2.18. The van der Waals surface area contributed by atoms with Crippen LogP contribution in [0.3, 0.4) is 0 Å². The van der Waals surface area contributed by atoms with Crippen LogP contribution in [0.2, 0.25) is 0 Å². The second-order valence-electron chi connectivity index (χ2n) is 11.2. The Balaban J connectivity index is 1.35. The van der Waals surface area contributed by atoms with Gasteiger partial charge in [0.15, 0.2) is 11.6 Å². The highest BCUT2D eigenvalue weighted by molar-refractivity contribution is 5.72. The predicted molar refractivity (Wildman–Crippen MR) is 148 cm³/mol. The van der Waals surface area contributed by atoms with Crippen molar-refractivity contribution in [3.05, 3.63) is 72.0 Å². The maximum absolute atomic E-state index is 14.9. The molecule has 0 saturated heterocycles. The summed E-state index contributed by atoms with van der Waals surface area (Å²) in [5.41, 5.74) is -0.610. The van der Waals surface area contributed by atoms with E-state index in [1.165, 1.54) is 49.9 Å². The van der Waals surface area contributed by atoms with Gasteiger partial charge in [-0.25, -0.2) is 13.2 Å². The summed E-state index contributed by atoms with van der Waals surface area (Å²) in [6, 6.07) is 9.29. The SMILES string of the molecule is CCCCCC1CCC(CCC(F)(F)Oc2ccc(-c3cc(F)c(-c4ccc(OC(F)(F)F)c(F)c4)c(F)c3)cc2)CC1. The normalized spacial score (nSPS) is 17.6. The molecule has 1 aliphatic carbocycles. The Bertz CT molecular complexity index is 1320. The largest absolute Gasteiger partial charge is 0.573 e. The summed E-state index contributed by atoms with van der Waals surface area (Å²) in [6.07, 6.45) is 0.438. The molecule has 0 aromatic heterocycles. The zero-order valence-corrected chi connectivity index (χ0v) is 23.8. The molecule has 0 atom stereocenters. The van der Waals surface area contributed by atoms with Gasteiger partial charge in [0.25, 0.3) is 0 Å². The van der Waals surface area contributed by atoms with Gasteiger partial charge in [-0.2, -0.15) is 8.78 Å². The van der Waals surface area contributed by atoms with E-state index in [0.29, 0.717) is 30.0 Å². The minimum atomic E-state index is -5.14. The molecule has 2 nitrogen and oxygen atoms in total. The average molecular weight is 615 g/mol. The van der Waals surface area contributed by atoms with Gasteiger partial charge in [-0.05, 0) is 71.3 Å². The van der Waals surface area contributed by atoms with Crippen molar-refractivity contribution >= 4 is 0 Å². The van der Waals surface area contributed by atoms with Gasteiger partial charge in [0.05, 0.1) is 12.0 Å². The minimum absolute atomic E-state index is 0.0693. The molecule has 1 saturated carbocycles. The van der Waals surface area contributed by atoms with Crippen LogP contribution in [0.4, 0.5) is 35.1 Å². The van der Waals surface area contributed by atoms with E-state index in [1.807, 2.05) is 0 Å². The van der Waals surface area contributed by atoms with Gasteiger partial charge in [0, 0.05) is 0 Å². The first-order valence-electron chi connectivity index (χ1n) is 14.6. The molecule has 0 unspecified atom stereocenters. The van der Waals surface area contributed by atoms with Gasteiger partial charge in [-0.3, -0.25) is 0 Å². The summed E-state index contributed by atoms with van der Waals surface area (Å²) >= 11 is 0. The molecule has 0 N–H and O–H groups in total. The van der Waals surface area contributed by atoms with E-state index in [4.69, 9.17) is 4.74 Å². The molecule has 1 aliphatic rings. The average Bonchev–Trinajstić information content (AvgIpc) is 2.93. The van der Waals surface area contributed by atoms with Crippen molar-refractivity contribution in [1.82, 2.24) is 0 Å². The number of hydrogen-bond acceptors (Lipinski definition) is 2. The Hall–Kier alpha value is -3.30. The lowest BCUT2D eigenvalue weighted by Gasteiger charge is -2.29. The van der Waals surface area contributed by atoms with Crippen molar-refractivity contribution in [3.63, 3.8) is 0 Å². The smallest absolute Gasteiger partial charge is 0.433 e. The Morgan fingerprint density at radius 3 is 1.77 bits per heavy atom. The van der Waals surface area contributed by atoms with Crippen LogP contribution in [0.25, 0.3) is 22.3 Å². The zero-order chi connectivity index (χ0) is 31.2. The van der Waals surface area contributed by atoms with Crippen LogP contribution in [-0.4, -0.2) is 12.5 Å². The molecule has 4 rings (SSSR count). The summed E-state index contributed by atoms with van der Waals surface area (Å²) in [4.78, 5) is 0. The van der Waals surface area contributed by atoms with E-state index < -0.39 is 47.7 Å². The van der Waals surface area contributed by atoms with Crippen molar-refractivity contribution in [2.75, 3.05) is 0 Å². The van der Waals surface area contributed by atoms with Crippen LogP contribution in [0.1, 0.15) is 71.1 Å². The quantitative estimate of drug-likeness (QED) is 0.149. The lowest BCUT2D eigenvalue weighted by Crippen LogP contribution is -2.26. The molecule has 10 heteroatoms. The van der Waals surface area contributed by atoms with Crippen LogP contribution < -0.4 is 9.47 Å². The van der Waals surface area contributed by atoms with Crippen LogP contribution in [0.5, 0.6) is 11.5 Å². The van der Waals surface area contributed by atoms with Crippen LogP contribution >= 0.6 is 0 Å². The molecule has 43 heavy (non-hydrogen) atoms. The van der Waals surface area contributed by atoms with Crippen LogP contribution in [-0.2, 0) is 0 Å².